The molecule has 5 N–H and O–H groups in total. The number of carboxylic acid groups (broad SMARTS) is 2. The summed E-state index contributed by atoms with van der Waals surface area (Å²) >= 11 is 0. The standard InChI is InChI=1S/C18H13NO4.C18H13NO3/c20-16-8-7-14(10-15(16)18(22)23)19-17(21)13-6-5-11-3-1-2-4-12(11)9-13;20-17(19-14-10-8-13(9-11-14)18(21)22)16-7-3-5-12-4-1-2-6-15(12)16/h1-10,20H,(H,19,21)(H,22,23);1-11H,(H,19,20)(H,21,22). The van der Waals surface area contributed by atoms with Crippen molar-refractivity contribution in [2.24, 2.45) is 0 Å². The van der Waals surface area contributed by atoms with Crippen LogP contribution < -0.4 is 10.6 Å². The fourth-order valence-corrected chi connectivity index (χ4v) is 4.64. The number of carbonyl (C=O) groups excluding carboxylic acids is 2. The van der Waals surface area contributed by atoms with Gasteiger partial charge < -0.3 is 26.0 Å². The van der Waals surface area contributed by atoms with E-state index in [9.17, 15) is 24.3 Å². The van der Waals surface area contributed by atoms with Gasteiger partial charge in [-0.15, -0.1) is 0 Å². The molecule has 0 saturated heterocycles. The molecule has 0 spiro atoms. The molecule has 0 fully saturated rings. The van der Waals surface area contributed by atoms with E-state index < -0.39 is 11.9 Å². The van der Waals surface area contributed by atoms with Gasteiger partial charge in [-0.2, -0.15) is 0 Å². The SMILES string of the molecule is O=C(Nc1ccc(O)c(C(=O)O)c1)c1ccc2ccccc2c1.O=C(O)c1ccc(NC(=O)c2cccc3ccccc23)cc1. The molecule has 0 heterocycles. The van der Waals surface area contributed by atoms with E-state index in [-0.39, 0.29) is 28.7 Å². The first-order valence-electron chi connectivity index (χ1n) is 13.7. The Morgan fingerprint density at radius 3 is 1.78 bits per heavy atom. The molecule has 0 aromatic heterocycles. The van der Waals surface area contributed by atoms with E-state index in [4.69, 9.17) is 10.2 Å². The largest absolute Gasteiger partial charge is 0.507 e. The molecule has 6 rings (SSSR count). The van der Waals surface area contributed by atoms with Crippen molar-refractivity contribution >= 4 is 56.7 Å². The Balaban J connectivity index is 0.000000178. The van der Waals surface area contributed by atoms with Crippen LogP contribution in [0.1, 0.15) is 41.4 Å². The highest BCUT2D eigenvalue weighted by atomic mass is 16.4. The van der Waals surface area contributed by atoms with Crippen molar-refractivity contribution < 1.29 is 34.5 Å². The molecule has 6 aromatic carbocycles. The summed E-state index contributed by atoms with van der Waals surface area (Å²) < 4.78 is 0. The summed E-state index contributed by atoms with van der Waals surface area (Å²) in [6.07, 6.45) is 0. The van der Waals surface area contributed by atoms with Crippen molar-refractivity contribution in [3.05, 3.63) is 150 Å². The summed E-state index contributed by atoms with van der Waals surface area (Å²) in [5.74, 6) is -3.17. The highest BCUT2D eigenvalue weighted by Gasteiger charge is 2.13. The summed E-state index contributed by atoms with van der Waals surface area (Å²) in [5.41, 5.74) is 1.83. The molecule has 0 aliphatic carbocycles. The second-order valence-corrected chi connectivity index (χ2v) is 9.92. The third-order valence-corrected chi connectivity index (χ3v) is 6.92. The van der Waals surface area contributed by atoms with Crippen LogP contribution in [0.25, 0.3) is 21.5 Å². The molecular formula is C36H26N2O7. The zero-order chi connectivity index (χ0) is 31.9. The minimum Gasteiger partial charge on any atom is -0.507 e. The number of carboxylic acids is 2. The first kappa shape index (κ1) is 30.0. The summed E-state index contributed by atoms with van der Waals surface area (Å²) in [5, 5.41) is 36.6. The van der Waals surface area contributed by atoms with Crippen molar-refractivity contribution in [2.45, 2.75) is 0 Å². The van der Waals surface area contributed by atoms with E-state index in [1.165, 1.54) is 30.3 Å². The topological polar surface area (TPSA) is 153 Å². The minimum atomic E-state index is -1.26. The van der Waals surface area contributed by atoms with Gasteiger partial charge in [0.15, 0.2) is 0 Å². The van der Waals surface area contributed by atoms with Crippen LogP contribution in [0.3, 0.4) is 0 Å². The van der Waals surface area contributed by atoms with Crippen molar-refractivity contribution in [3.8, 4) is 5.75 Å². The zero-order valence-corrected chi connectivity index (χ0v) is 23.6. The molecule has 222 valence electrons. The lowest BCUT2D eigenvalue weighted by atomic mass is 10.0. The Labute approximate surface area is 257 Å². The maximum absolute atomic E-state index is 12.4. The lowest BCUT2D eigenvalue weighted by Gasteiger charge is -2.08. The lowest BCUT2D eigenvalue weighted by Crippen LogP contribution is -2.12. The number of benzene rings is 6. The highest BCUT2D eigenvalue weighted by molar-refractivity contribution is 6.13. The molecule has 6 aromatic rings. The first-order chi connectivity index (χ1) is 21.7. The summed E-state index contributed by atoms with van der Waals surface area (Å²) in [4.78, 5) is 46.5. The molecule has 9 nitrogen and oxygen atoms in total. The third kappa shape index (κ3) is 7.12. The highest BCUT2D eigenvalue weighted by Crippen LogP contribution is 2.23. The van der Waals surface area contributed by atoms with Crippen LogP contribution in [0, 0.1) is 0 Å². The van der Waals surface area contributed by atoms with Crippen LogP contribution in [0.5, 0.6) is 5.75 Å². The van der Waals surface area contributed by atoms with Crippen LogP contribution in [-0.4, -0.2) is 39.1 Å². The smallest absolute Gasteiger partial charge is 0.339 e. The molecule has 0 aliphatic rings. The Morgan fingerprint density at radius 2 is 1.07 bits per heavy atom. The average Bonchev–Trinajstić information content (AvgIpc) is 3.05. The Bertz CT molecular complexity index is 2070. The predicted molar refractivity (Wildman–Crippen MR) is 172 cm³/mol. The number of carbonyl (C=O) groups is 4. The predicted octanol–water partition coefficient (Wildman–Crippen LogP) is 7.29. The summed E-state index contributed by atoms with van der Waals surface area (Å²) in [6.45, 7) is 0. The van der Waals surface area contributed by atoms with E-state index in [2.05, 4.69) is 10.6 Å². The van der Waals surface area contributed by atoms with Crippen molar-refractivity contribution in [3.63, 3.8) is 0 Å². The van der Waals surface area contributed by atoms with Gasteiger partial charge in [0.2, 0.25) is 0 Å². The first-order valence-corrected chi connectivity index (χ1v) is 13.7. The normalized spacial score (nSPS) is 10.4. The van der Waals surface area contributed by atoms with E-state index in [1.54, 1.807) is 30.3 Å². The number of fused-ring (bicyclic) bond motifs is 2. The molecule has 0 radical (unpaired) electrons. The average molecular weight is 599 g/mol. The maximum atomic E-state index is 12.4. The molecular weight excluding hydrogens is 572 g/mol. The number of phenols is 1. The van der Waals surface area contributed by atoms with Crippen LogP contribution in [0.15, 0.2) is 127 Å². The van der Waals surface area contributed by atoms with Crippen LogP contribution in [0.4, 0.5) is 11.4 Å². The number of anilines is 2. The van der Waals surface area contributed by atoms with Gasteiger partial charge in [-0.1, -0.05) is 66.7 Å². The minimum absolute atomic E-state index is 0.183. The van der Waals surface area contributed by atoms with Crippen molar-refractivity contribution in [2.75, 3.05) is 10.6 Å². The van der Waals surface area contributed by atoms with E-state index >= 15 is 0 Å². The van der Waals surface area contributed by atoms with Gasteiger partial charge in [-0.25, -0.2) is 9.59 Å². The van der Waals surface area contributed by atoms with Gasteiger partial charge in [-0.05, 0) is 82.2 Å². The van der Waals surface area contributed by atoms with Gasteiger partial charge in [0.1, 0.15) is 11.3 Å². The second kappa shape index (κ2) is 13.2. The van der Waals surface area contributed by atoms with Gasteiger partial charge in [0, 0.05) is 22.5 Å². The van der Waals surface area contributed by atoms with Gasteiger partial charge in [0.05, 0.1) is 5.56 Å². The number of aromatic carboxylic acids is 2. The molecule has 0 unspecified atom stereocenters. The lowest BCUT2D eigenvalue weighted by molar-refractivity contribution is 0.0684. The molecule has 0 saturated carbocycles. The molecule has 9 heteroatoms. The van der Waals surface area contributed by atoms with E-state index in [0.717, 1.165) is 21.5 Å². The number of hydrogen-bond acceptors (Lipinski definition) is 5. The molecule has 0 bridgehead atoms. The van der Waals surface area contributed by atoms with Gasteiger partial charge >= 0.3 is 11.9 Å². The van der Waals surface area contributed by atoms with Crippen molar-refractivity contribution in [1.82, 2.24) is 0 Å². The van der Waals surface area contributed by atoms with Crippen LogP contribution in [-0.2, 0) is 0 Å². The molecule has 0 atom stereocenters. The molecule has 45 heavy (non-hydrogen) atoms. The van der Waals surface area contributed by atoms with Gasteiger partial charge in [0.25, 0.3) is 11.8 Å². The van der Waals surface area contributed by atoms with Crippen LogP contribution in [0.2, 0.25) is 0 Å². The number of nitrogens with one attached hydrogen (secondary N) is 2. The second-order valence-electron chi connectivity index (χ2n) is 9.92. The monoisotopic (exact) mass is 598 g/mol. The maximum Gasteiger partial charge on any atom is 0.339 e. The van der Waals surface area contributed by atoms with E-state index in [0.29, 0.717) is 22.5 Å². The van der Waals surface area contributed by atoms with Crippen molar-refractivity contribution in [1.29, 1.82) is 0 Å². The van der Waals surface area contributed by atoms with Gasteiger partial charge in [-0.3, -0.25) is 9.59 Å². The fraction of sp³-hybridized carbons (Fsp3) is 0. The molecule has 0 aliphatic heterocycles. The number of hydrogen-bond donors (Lipinski definition) is 5. The summed E-state index contributed by atoms with van der Waals surface area (Å²) in [7, 11) is 0. The third-order valence-electron chi connectivity index (χ3n) is 6.92. The number of amides is 2. The van der Waals surface area contributed by atoms with E-state index in [1.807, 2.05) is 66.7 Å². The Hall–Kier alpha value is -6.48. The molecule has 2 amide bonds. The number of aromatic hydroxyl groups is 1. The Kier molecular flexibility index (Phi) is 8.81. The fourth-order valence-electron chi connectivity index (χ4n) is 4.64. The summed E-state index contributed by atoms with van der Waals surface area (Å²) in [6, 6.07) is 36.2. The zero-order valence-electron chi connectivity index (χ0n) is 23.6. The quantitative estimate of drug-likeness (QED) is 0.126. The van der Waals surface area contributed by atoms with Crippen LogP contribution >= 0.6 is 0 Å². The Morgan fingerprint density at radius 1 is 0.467 bits per heavy atom. The number of rotatable bonds is 6.